The molecular weight excluding hydrogens is 266 g/mol. The zero-order chi connectivity index (χ0) is 15.4. The second kappa shape index (κ2) is 6.15. The predicted molar refractivity (Wildman–Crippen MR) is 95.2 cm³/mol. The van der Waals surface area contributed by atoms with Gasteiger partial charge in [-0.1, -0.05) is 72.8 Å². The smallest absolute Gasteiger partial charge is 0.0831 e. The molecule has 0 saturated carbocycles. The Morgan fingerprint density at radius 3 is 2.27 bits per heavy atom. The fourth-order valence-electron chi connectivity index (χ4n) is 2.70. The summed E-state index contributed by atoms with van der Waals surface area (Å²) in [5.41, 5.74) is 4.71. The molecule has 1 nitrogen and oxygen atoms in total. The zero-order valence-corrected chi connectivity index (χ0v) is 13.2. The van der Waals surface area contributed by atoms with E-state index in [1.165, 1.54) is 16.7 Å². The molecule has 0 amide bonds. The van der Waals surface area contributed by atoms with E-state index in [-0.39, 0.29) is 5.54 Å². The van der Waals surface area contributed by atoms with Crippen molar-refractivity contribution in [3.8, 4) is 0 Å². The Morgan fingerprint density at radius 2 is 1.59 bits per heavy atom. The third-order valence-electron chi connectivity index (χ3n) is 4.26. The van der Waals surface area contributed by atoms with Crippen LogP contribution >= 0.6 is 0 Å². The molecule has 0 bridgehead atoms. The van der Waals surface area contributed by atoms with Gasteiger partial charge in [0.1, 0.15) is 0 Å². The van der Waals surface area contributed by atoms with Crippen molar-refractivity contribution in [2.75, 3.05) is 0 Å². The maximum absolute atomic E-state index is 4.98. The number of hydrogen-bond acceptors (Lipinski definition) is 1. The van der Waals surface area contributed by atoms with Crippen LogP contribution in [0.2, 0.25) is 0 Å². The van der Waals surface area contributed by atoms with Gasteiger partial charge in [-0.2, -0.15) is 0 Å². The number of rotatable bonds is 4. The standard InChI is InChI=1S/C21H21N/c1-17-16-20(19-13-7-4-8-14-19)22-21(17,2)15-9-12-18-10-5-3-6-11-18/h3-14,16H,15H2,1-2H3/b12-9+/t21-/m0/s1. The van der Waals surface area contributed by atoms with Gasteiger partial charge in [0.15, 0.2) is 0 Å². The van der Waals surface area contributed by atoms with Gasteiger partial charge in [0.2, 0.25) is 0 Å². The summed E-state index contributed by atoms with van der Waals surface area (Å²) < 4.78 is 0. The highest BCUT2D eigenvalue weighted by atomic mass is 14.9. The SMILES string of the molecule is CC1=CC(c2ccccc2)=N[C@@]1(C)C/C=C/c1ccccc1. The van der Waals surface area contributed by atoms with Crippen molar-refractivity contribution < 1.29 is 0 Å². The number of aliphatic imine (C=N–C) groups is 1. The van der Waals surface area contributed by atoms with Crippen molar-refractivity contribution in [2.45, 2.75) is 25.8 Å². The van der Waals surface area contributed by atoms with Crippen LogP contribution in [0, 0.1) is 0 Å². The third kappa shape index (κ3) is 3.09. The first-order valence-electron chi connectivity index (χ1n) is 7.73. The van der Waals surface area contributed by atoms with Crippen LogP contribution < -0.4 is 0 Å². The molecule has 1 aliphatic heterocycles. The van der Waals surface area contributed by atoms with E-state index < -0.39 is 0 Å². The highest BCUT2D eigenvalue weighted by Crippen LogP contribution is 2.32. The van der Waals surface area contributed by atoms with E-state index in [0.29, 0.717) is 0 Å². The lowest BCUT2D eigenvalue weighted by Crippen LogP contribution is -2.20. The Morgan fingerprint density at radius 1 is 0.955 bits per heavy atom. The predicted octanol–water partition coefficient (Wildman–Crippen LogP) is 5.30. The van der Waals surface area contributed by atoms with Gasteiger partial charge < -0.3 is 0 Å². The minimum atomic E-state index is -0.129. The maximum Gasteiger partial charge on any atom is 0.0831 e. The molecule has 0 radical (unpaired) electrons. The Balaban J connectivity index is 1.77. The molecule has 1 atom stereocenters. The summed E-state index contributed by atoms with van der Waals surface area (Å²) >= 11 is 0. The molecule has 1 heteroatoms. The average molecular weight is 287 g/mol. The van der Waals surface area contributed by atoms with Crippen LogP contribution in [-0.4, -0.2) is 11.3 Å². The van der Waals surface area contributed by atoms with Crippen molar-refractivity contribution in [3.05, 3.63) is 89.5 Å². The van der Waals surface area contributed by atoms with Crippen molar-refractivity contribution >= 4 is 11.8 Å². The van der Waals surface area contributed by atoms with Gasteiger partial charge in [-0.25, -0.2) is 0 Å². The highest BCUT2D eigenvalue weighted by molar-refractivity contribution is 6.11. The van der Waals surface area contributed by atoms with Crippen molar-refractivity contribution in [3.63, 3.8) is 0 Å². The largest absolute Gasteiger partial charge is 0.274 e. The third-order valence-corrected chi connectivity index (χ3v) is 4.26. The summed E-state index contributed by atoms with van der Waals surface area (Å²) in [5.74, 6) is 0. The Bertz CT molecular complexity index is 723. The van der Waals surface area contributed by atoms with Gasteiger partial charge in [0.25, 0.3) is 0 Å². The quantitative estimate of drug-likeness (QED) is 0.723. The van der Waals surface area contributed by atoms with E-state index in [4.69, 9.17) is 4.99 Å². The van der Waals surface area contributed by atoms with Crippen LogP contribution in [0.1, 0.15) is 31.4 Å². The second-order valence-corrected chi connectivity index (χ2v) is 5.98. The average Bonchev–Trinajstić information content (AvgIpc) is 2.85. The van der Waals surface area contributed by atoms with E-state index in [2.05, 4.69) is 80.6 Å². The second-order valence-electron chi connectivity index (χ2n) is 5.98. The Hall–Kier alpha value is -2.41. The molecule has 2 aromatic rings. The van der Waals surface area contributed by atoms with E-state index >= 15 is 0 Å². The van der Waals surface area contributed by atoms with Gasteiger partial charge in [0.05, 0.1) is 11.3 Å². The molecule has 0 unspecified atom stereocenters. The van der Waals surface area contributed by atoms with Crippen molar-refractivity contribution in [1.82, 2.24) is 0 Å². The molecule has 1 aliphatic rings. The van der Waals surface area contributed by atoms with Crippen LogP contribution in [0.15, 0.2) is 83.4 Å². The molecule has 22 heavy (non-hydrogen) atoms. The van der Waals surface area contributed by atoms with Crippen LogP contribution in [-0.2, 0) is 0 Å². The molecule has 0 aromatic heterocycles. The molecule has 0 aliphatic carbocycles. The zero-order valence-electron chi connectivity index (χ0n) is 13.2. The number of benzene rings is 2. The monoisotopic (exact) mass is 287 g/mol. The van der Waals surface area contributed by atoms with Crippen LogP contribution in [0.25, 0.3) is 6.08 Å². The summed E-state index contributed by atoms with van der Waals surface area (Å²) in [5, 5.41) is 0. The first-order chi connectivity index (χ1) is 10.7. The molecule has 110 valence electrons. The molecule has 0 spiro atoms. The summed E-state index contributed by atoms with van der Waals surface area (Å²) in [7, 11) is 0. The van der Waals surface area contributed by atoms with E-state index in [0.717, 1.165) is 12.1 Å². The molecule has 0 saturated heterocycles. The molecule has 1 heterocycles. The summed E-state index contributed by atoms with van der Waals surface area (Å²) in [6.07, 6.45) is 7.53. The van der Waals surface area contributed by atoms with E-state index in [1.54, 1.807) is 0 Å². The molecular formula is C21H21N. The first-order valence-corrected chi connectivity index (χ1v) is 7.73. The van der Waals surface area contributed by atoms with Crippen LogP contribution in [0.4, 0.5) is 0 Å². The van der Waals surface area contributed by atoms with Crippen LogP contribution in [0.3, 0.4) is 0 Å². The van der Waals surface area contributed by atoms with Gasteiger partial charge in [0, 0.05) is 0 Å². The number of allylic oxidation sites excluding steroid dienone is 1. The summed E-state index contributed by atoms with van der Waals surface area (Å²) in [6, 6.07) is 20.8. The van der Waals surface area contributed by atoms with Crippen molar-refractivity contribution in [2.24, 2.45) is 4.99 Å². The van der Waals surface area contributed by atoms with Gasteiger partial charge in [-0.3, -0.25) is 4.99 Å². The van der Waals surface area contributed by atoms with Gasteiger partial charge >= 0.3 is 0 Å². The summed E-state index contributed by atoms with van der Waals surface area (Å²) in [6.45, 7) is 4.39. The summed E-state index contributed by atoms with van der Waals surface area (Å²) in [4.78, 5) is 4.98. The fraction of sp³-hybridized carbons (Fsp3) is 0.190. The van der Waals surface area contributed by atoms with Crippen molar-refractivity contribution in [1.29, 1.82) is 0 Å². The highest BCUT2D eigenvalue weighted by Gasteiger charge is 2.29. The van der Waals surface area contributed by atoms with Crippen LogP contribution in [0.5, 0.6) is 0 Å². The lowest BCUT2D eigenvalue weighted by molar-refractivity contribution is 0.573. The first kappa shape index (κ1) is 14.5. The lowest BCUT2D eigenvalue weighted by atomic mass is 9.91. The molecule has 0 fully saturated rings. The Labute approximate surface area is 132 Å². The van der Waals surface area contributed by atoms with E-state index in [9.17, 15) is 0 Å². The van der Waals surface area contributed by atoms with Gasteiger partial charge in [-0.15, -0.1) is 0 Å². The fourth-order valence-corrected chi connectivity index (χ4v) is 2.70. The minimum Gasteiger partial charge on any atom is -0.274 e. The molecule has 0 N–H and O–H groups in total. The minimum absolute atomic E-state index is 0.129. The lowest BCUT2D eigenvalue weighted by Gasteiger charge is -2.21. The van der Waals surface area contributed by atoms with Gasteiger partial charge in [-0.05, 0) is 43.0 Å². The maximum atomic E-state index is 4.98. The number of hydrogen-bond donors (Lipinski definition) is 0. The molecule has 3 rings (SSSR count). The topological polar surface area (TPSA) is 12.4 Å². The van der Waals surface area contributed by atoms with E-state index in [1.807, 2.05) is 12.1 Å². The Kier molecular flexibility index (Phi) is 4.06. The molecule has 2 aromatic carbocycles. The number of nitrogens with zero attached hydrogens (tertiary/aromatic N) is 1. The normalized spacial score (nSPS) is 21.0.